The Morgan fingerprint density at radius 3 is 2.33 bits per heavy atom. The number of rotatable bonds is 5. The Kier molecular flexibility index (Phi) is 5.86. The fourth-order valence-electron chi connectivity index (χ4n) is 2.77. The van der Waals surface area contributed by atoms with Gasteiger partial charge >= 0.3 is 0 Å². The maximum Gasteiger partial charge on any atom is 0.0342 e. The molecule has 0 saturated carbocycles. The van der Waals surface area contributed by atoms with Gasteiger partial charge in [0, 0.05) is 31.4 Å². The highest BCUT2D eigenvalue weighted by molar-refractivity contribution is 5.46. The fraction of sp³-hybridized carbons (Fsp3) is 0.579. The van der Waals surface area contributed by atoms with E-state index in [-0.39, 0.29) is 0 Å². The second-order valence-corrected chi connectivity index (χ2v) is 6.78. The lowest BCUT2D eigenvalue weighted by molar-refractivity contribution is 0.240. The quantitative estimate of drug-likeness (QED) is 0.792. The van der Waals surface area contributed by atoms with E-state index in [9.17, 15) is 0 Å². The molecule has 1 aromatic carbocycles. The summed E-state index contributed by atoms with van der Waals surface area (Å²) < 4.78 is 0. The minimum atomic E-state index is 0.609. The molecule has 1 heterocycles. The third kappa shape index (κ3) is 5.20. The van der Waals surface area contributed by atoms with Gasteiger partial charge in [-0.15, -0.1) is 0 Å². The number of allylic oxidation sites excluding steroid dienone is 1. The molecule has 21 heavy (non-hydrogen) atoms. The Morgan fingerprint density at radius 2 is 1.81 bits per heavy atom. The van der Waals surface area contributed by atoms with Gasteiger partial charge in [-0.1, -0.05) is 37.6 Å². The molecule has 1 aromatic rings. The average molecular weight is 286 g/mol. The van der Waals surface area contributed by atoms with Gasteiger partial charge in [0.05, 0.1) is 0 Å². The van der Waals surface area contributed by atoms with Crippen molar-refractivity contribution >= 4 is 5.69 Å². The Morgan fingerprint density at radius 1 is 1.19 bits per heavy atom. The molecule has 0 spiro atoms. The van der Waals surface area contributed by atoms with E-state index in [0.29, 0.717) is 12.0 Å². The van der Waals surface area contributed by atoms with Crippen LogP contribution in [0.25, 0.3) is 0 Å². The number of anilines is 1. The van der Waals surface area contributed by atoms with Gasteiger partial charge in [0.2, 0.25) is 0 Å². The van der Waals surface area contributed by atoms with Gasteiger partial charge in [0.15, 0.2) is 0 Å². The Hall–Kier alpha value is -1.28. The molecular formula is C19H30N2. The first-order chi connectivity index (χ1) is 10.0. The SMILES string of the molecule is CC(C)=CCN1CCC(Nc2ccc(C(C)C)cc2)CC1. The molecule has 0 unspecified atom stereocenters. The maximum absolute atomic E-state index is 3.69. The van der Waals surface area contributed by atoms with Crippen LogP contribution >= 0.6 is 0 Å². The molecule has 0 radical (unpaired) electrons. The van der Waals surface area contributed by atoms with E-state index in [2.05, 4.69) is 68.3 Å². The molecule has 0 aliphatic carbocycles. The number of hydrogen-bond donors (Lipinski definition) is 1. The van der Waals surface area contributed by atoms with E-state index in [4.69, 9.17) is 0 Å². The minimum Gasteiger partial charge on any atom is -0.382 e. The van der Waals surface area contributed by atoms with Crippen LogP contribution in [0.2, 0.25) is 0 Å². The first kappa shape index (κ1) is 16.1. The molecule has 0 aromatic heterocycles. The highest BCUT2D eigenvalue weighted by Crippen LogP contribution is 2.20. The molecule has 2 rings (SSSR count). The van der Waals surface area contributed by atoms with Crippen molar-refractivity contribution in [2.75, 3.05) is 25.0 Å². The number of piperidine rings is 1. The normalized spacial score (nSPS) is 17.0. The van der Waals surface area contributed by atoms with E-state index in [1.54, 1.807) is 0 Å². The molecule has 2 heteroatoms. The summed E-state index contributed by atoms with van der Waals surface area (Å²) in [5.74, 6) is 0.609. The summed E-state index contributed by atoms with van der Waals surface area (Å²) in [5, 5.41) is 3.69. The fourth-order valence-corrected chi connectivity index (χ4v) is 2.77. The number of hydrogen-bond acceptors (Lipinski definition) is 2. The van der Waals surface area contributed by atoms with Gasteiger partial charge in [-0.2, -0.15) is 0 Å². The zero-order chi connectivity index (χ0) is 15.2. The monoisotopic (exact) mass is 286 g/mol. The second-order valence-electron chi connectivity index (χ2n) is 6.78. The smallest absolute Gasteiger partial charge is 0.0342 e. The molecule has 1 aliphatic rings. The standard InChI is InChI=1S/C19H30N2/c1-15(2)9-12-21-13-10-19(11-14-21)20-18-7-5-17(6-8-18)16(3)4/h5-9,16,19-20H,10-14H2,1-4H3. The molecule has 1 saturated heterocycles. The topological polar surface area (TPSA) is 15.3 Å². The highest BCUT2D eigenvalue weighted by Gasteiger charge is 2.18. The van der Waals surface area contributed by atoms with Crippen molar-refractivity contribution in [1.82, 2.24) is 4.90 Å². The molecule has 1 aliphatic heterocycles. The van der Waals surface area contributed by atoms with Crippen molar-refractivity contribution in [1.29, 1.82) is 0 Å². The molecule has 0 amide bonds. The average Bonchev–Trinajstić information content (AvgIpc) is 2.47. The molecule has 0 atom stereocenters. The lowest BCUT2D eigenvalue weighted by Gasteiger charge is -2.32. The van der Waals surface area contributed by atoms with Crippen molar-refractivity contribution in [3.05, 3.63) is 41.5 Å². The number of nitrogens with one attached hydrogen (secondary N) is 1. The van der Waals surface area contributed by atoms with Crippen LogP contribution in [0.3, 0.4) is 0 Å². The summed E-state index contributed by atoms with van der Waals surface area (Å²) >= 11 is 0. The summed E-state index contributed by atoms with van der Waals surface area (Å²) in [6.07, 6.45) is 4.81. The molecule has 0 bridgehead atoms. The predicted octanol–water partition coefficient (Wildman–Crippen LogP) is 4.65. The van der Waals surface area contributed by atoms with Crippen molar-refractivity contribution in [2.45, 2.75) is 52.5 Å². The Balaban J connectivity index is 1.79. The molecule has 1 N–H and O–H groups in total. The zero-order valence-electron chi connectivity index (χ0n) is 14.0. The van der Waals surface area contributed by atoms with Crippen LogP contribution in [0.15, 0.2) is 35.9 Å². The van der Waals surface area contributed by atoms with Gasteiger partial charge < -0.3 is 5.32 Å². The van der Waals surface area contributed by atoms with Crippen molar-refractivity contribution in [2.24, 2.45) is 0 Å². The van der Waals surface area contributed by atoms with Gasteiger partial charge in [-0.05, 0) is 50.3 Å². The van der Waals surface area contributed by atoms with Crippen molar-refractivity contribution in [3.63, 3.8) is 0 Å². The van der Waals surface area contributed by atoms with Gasteiger partial charge in [0.25, 0.3) is 0 Å². The number of likely N-dealkylation sites (tertiary alicyclic amines) is 1. The van der Waals surface area contributed by atoms with Crippen LogP contribution in [0.1, 0.15) is 52.0 Å². The van der Waals surface area contributed by atoms with Crippen LogP contribution < -0.4 is 5.32 Å². The first-order valence-corrected chi connectivity index (χ1v) is 8.27. The van der Waals surface area contributed by atoms with Crippen LogP contribution in [0, 0.1) is 0 Å². The van der Waals surface area contributed by atoms with Gasteiger partial charge in [-0.25, -0.2) is 0 Å². The zero-order valence-corrected chi connectivity index (χ0v) is 14.0. The van der Waals surface area contributed by atoms with Crippen molar-refractivity contribution < 1.29 is 0 Å². The van der Waals surface area contributed by atoms with Crippen LogP contribution in [-0.4, -0.2) is 30.6 Å². The van der Waals surface area contributed by atoms with E-state index in [0.717, 1.165) is 6.54 Å². The van der Waals surface area contributed by atoms with Gasteiger partial charge in [-0.3, -0.25) is 4.90 Å². The Labute approximate surface area is 130 Å². The largest absolute Gasteiger partial charge is 0.382 e. The molecule has 1 fully saturated rings. The maximum atomic E-state index is 3.69. The number of nitrogens with zero attached hydrogens (tertiary/aromatic N) is 1. The van der Waals surface area contributed by atoms with Crippen LogP contribution in [-0.2, 0) is 0 Å². The van der Waals surface area contributed by atoms with Crippen LogP contribution in [0.4, 0.5) is 5.69 Å². The molecular weight excluding hydrogens is 256 g/mol. The summed E-state index contributed by atoms with van der Waals surface area (Å²) in [6.45, 7) is 12.3. The molecule has 2 nitrogen and oxygen atoms in total. The molecule has 116 valence electrons. The number of benzene rings is 1. The minimum absolute atomic E-state index is 0.609. The third-order valence-corrected chi connectivity index (χ3v) is 4.29. The van der Waals surface area contributed by atoms with Crippen LogP contribution in [0.5, 0.6) is 0 Å². The summed E-state index contributed by atoms with van der Waals surface area (Å²) in [5.41, 5.74) is 4.10. The van der Waals surface area contributed by atoms with E-state index in [1.165, 1.54) is 42.8 Å². The summed E-state index contributed by atoms with van der Waals surface area (Å²) in [6, 6.07) is 9.57. The summed E-state index contributed by atoms with van der Waals surface area (Å²) in [4.78, 5) is 2.55. The summed E-state index contributed by atoms with van der Waals surface area (Å²) in [7, 11) is 0. The Bertz CT molecular complexity index is 447. The van der Waals surface area contributed by atoms with E-state index >= 15 is 0 Å². The van der Waals surface area contributed by atoms with E-state index < -0.39 is 0 Å². The third-order valence-electron chi connectivity index (χ3n) is 4.29. The van der Waals surface area contributed by atoms with Crippen molar-refractivity contribution in [3.8, 4) is 0 Å². The van der Waals surface area contributed by atoms with E-state index in [1.807, 2.05) is 0 Å². The second kappa shape index (κ2) is 7.65. The predicted molar refractivity (Wildman–Crippen MR) is 93.0 cm³/mol. The van der Waals surface area contributed by atoms with Gasteiger partial charge in [0.1, 0.15) is 0 Å². The highest BCUT2D eigenvalue weighted by atomic mass is 15.1. The lowest BCUT2D eigenvalue weighted by atomic mass is 10.0. The lowest BCUT2D eigenvalue weighted by Crippen LogP contribution is -2.39. The first-order valence-electron chi connectivity index (χ1n) is 8.27.